The molecule has 1 fully saturated rings. The summed E-state index contributed by atoms with van der Waals surface area (Å²) in [5.74, 6) is 0.0569. The van der Waals surface area contributed by atoms with E-state index >= 15 is 0 Å². The van der Waals surface area contributed by atoms with Gasteiger partial charge in [0.25, 0.3) is 5.91 Å². The van der Waals surface area contributed by atoms with Crippen molar-refractivity contribution in [3.63, 3.8) is 0 Å². The number of amides is 1. The van der Waals surface area contributed by atoms with Gasteiger partial charge in [0.05, 0.1) is 12.7 Å². The van der Waals surface area contributed by atoms with Crippen LogP contribution in [0.15, 0.2) is 42.5 Å². The van der Waals surface area contributed by atoms with E-state index in [9.17, 15) is 9.90 Å². The van der Waals surface area contributed by atoms with Gasteiger partial charge in [-0.05, 0) is 36.4 Å². The highest BCUT2D eigenvalue weighted by Crippen LogP contribution is 2.24. The van der Waals surface area contributed by atoms with Gasteiger partial charge in [0.1, 0.15) is 11.5 Å². The lowest BCUT2D eigenvalue weighted by Crippen LogP contribution is -2.45. The number of rotatable bonds is 6. The molecule has 1 aliphatic rings. The second kappa shape index (κ2) is 8.88. The molecule has 6 nitrogen and oxygen atoms in total. The molecule has 1 heterocycles. The van der Waals surface area contributed by atoms with E-state index in [0.717, 1.165) is 39.3 Å². The van der Waals surface area contributed by atoms with Crippen LogP contribution in [0.25, 0.3) is 0 Å². The van der Waals surface area contributed by atoms with Crippen molar-refractivity contribution in [2.75, 3.05) is 45.2 Å². The molecule has 144 valence electrons. The summed E-state index contributed by atoms with van der Waals surface area (Å²) in [4.78, 5) is 17.3. The van der Waals surface area contributed by atoms with Gasteiger partial charge >= 0.3 is 0 Å². The number of aromatic hydroxyl groups is 1. The Morgan fingerprint density at radius 2 is 1.74 bits per heavy atom. The van der Waals surface area contributed by atoms with E-state index < -0.39 is 0 Å². The van der Waals surface area contributed by atoms with Crippen molar-refractivity contribution < 1.29 is 14.6 Å². The van der Waals surface area contributed by atoms with Crippen molar-refractivity contribution in [3.05, 3.63) is 53.6 Å². The smallest absolute Gasteiger partial charge is 0.259 e. The Morgan fingerprint density at radius 3 is 2.33 bits per heavy atom. The number of carbonyl (C=O) groups is 1. The number of hydrogen-bond acceptors (Lipinski definition) is 5. The van der Waals surface area contributed by atoms with Crippen LogP contribution in [0.3, 0.4) is 0 Å². The molecule has 3 rings (SSSR count). The van der Waals surface area contributed by atoms with Gasteiger partial charge in [-0.25, -0.2) is 0 Å². The van der Waals surface area contributed by atoms with Crippen LogP contribution in [-0.2, 0) is 6.54 Å². The minimum absolute atomic E-state index is 0.102. The minimum Gasteiger partial charge on any atom is -0.507 e. The van der Waals surface area contributed by atoms with Crippen molar-refractivity contribution in [1.29, 1.82) is 0 Å². The SMILES string of the molecule is CCN1CCN(Cc2ccc(NC(=O)c3ccc(OC)cc3O)cc2)CC1. The van der Waals surface area contributed by atoms with Crippen LogP contribution in [0, 0.1) is 0 Å². The second-order valence-corrected chi connectivity index (χ2v) is 6.74. The molecule has 0 spiro atoms. The van der Waals surface area contributed by atoms with E-state index in [1.54, 1.807) is 12.1 Å². The third kappa shape index (κ3) is 4.99. The quantitative estimate of drug-likeness (QED) is 0.820. The molecule has 0 radical (unpaired) electrons. The number of benzene rings is 2. The molecule has 0 aromatic heterocycles. The summed E-state index contributed by atoms with van der Waals surface area (Å²) in [7, 11) is 1.51. The number of carbonyl (C=O) groups excluding carboxylic acids is 1. The molecule has 0 aliphatic carbocycles. The van der Waals surface area contributed by atoms with E-state index in [1.165, 1.54) is 18.7 Å². The summed E-state index contributed by atoms with van der Waals surface area (Å²) < 4.78 is 5.04. The van der Waals surface area contributed by atoms with Crippen molar-refractivity contribution >= 4 is 11.6 Å². The fraction of sp³-hybridized carbons (Fsp3) is 0.381. The molecule has 0 saturated carbocycles. The standard InChI is InChI=1S/C21H27N3O3/c1-3-23-10-12-24(13-11-23)15-16-4-6-17(7-5-16)22-21(26)19-9-8-18(27-2)14-20(19)25/h4-9,14,25H,3,10-13,15H2,1-2H3,(H,22,26). The number of methoxy groups -OCH3 is 1. The zero-order valence-electron chi connectivity index (χ0n) is 15.9. The zero-order chi connectivity index (χ0) is 19.2. The highest BCUT2D eigenvalue weighted by Gasteiger charge is 2.16. The summed E-state index contributed by atoms with van der Waals surface area (Å²) >= 11 is 0. The number of phenolic OH excluding ortho intramolecular Hbond substituents is 1. The van der Waals surface area contributed by atoms with E-state index in [-0.39, 0.29) is 17.2 Å². The molecule has 1 amide bonds. The third-order valence-electron chi connectivity index (χ3n) is 4.98. The van der Waals surface area contributed by atoms with Crippen molar-refractivity contribution in [2.45, 2.75) is 13.5 Å². The maximum atomic E-state index is 12.4. The first-order chi connectivity index (χ1) is 13.1. The summed E-state index contributed by atoms with van der Waals surface area (Å²) in [5.41, 5.74) is 2.15. The average molecular weight is 369 g/mol. The van der Waals surface area contributed by atoms with Crippen LogP contribution in [0.2, 0.25) is 0 Å². The van der Waals surface area contributed by atoms with Crippen LogP contribution in [0.1, 0.15) is 22.8 Å². The molecule has 2 aromatic carbocycles. The van der Waals surface area contributed by atoms with E-state index in [2.05, 4.69) is 22.0 Å². The lowest BCUT2D eigenvalue weighted by molar-refractivity contribution is 0.102. The summed E-state index contributed by atoms with van der Waals surface area (Å²) in [5, 5.41) is 12.8. The van der Waals surface area contributed by atoms with Crippen LogP contribution >= 0.6 is 0 Å². The van der Waals surface area contributed by atoms with E-state index in [4.69, 9.17) is 4.74 Å². The Hall–Kier alpha value is -2.57. The van der Waals surface area contributed by atoms with Crippen LogP contribution in [0.5, 0.6) is 11.5 Å². The topological polar surface area (TPSA) is 65.0 Å². The van der Waals surface area contributed by atoms with Gasteiger partial charge in [-0.15, -0.1) is 0 Å². The molecule has 0 bridgehead atoms. The maximum absolute atomic E-state index is 12.4. The van der Waals surface area contributed by atoms with Crippen LogP contribution in [0.4, 0.5) is 5.69 Å². The normalized spacial score (nSPS) is 15.5. The fourth-order valence-corrected chi connectivity index (χ4v) is 3.24. The predicted molar refractivity (Wildman–Crippen MR) is 106 cm³/mol. The number of nitrogens with zero attached hydrogens (tertiary/aromatic N) is 2. The summed E-state index contributed by atoms with van der Waals surface area (Å²) in [6, 6.07) is 12.5. The molecule has 0 atom stereocenters. The molecule has 0 unspecified atom stereocenters. The van der Waals surface area contributed by atoms with Gasteiger partial charge < -0.3 is 20.1 Å². The Morgan fingerprint density at radius 1 is 1.07 bits per heavy atom. The van der Waals surface area contributed by atoms with Gasteiger partial charge in [0.2, 0.25) is 0 Å². The number of likely N-dealkylation sites (N-methyl/N-ethyl adjacent to an activating group) is 1. The molecule has 1 saturated heterocycles. The number of nitrogens with one attached hydrogen (secondary N) is 1. The predicted octanol–water partition coefficient (Wildman–Crippen LogP) is 2.79. The average Bonchev–Trinajstić information content (AvgIpc) is 2.69. The molecular formula is C21H27N3O3. The Balaban J connectivity index is 1.57. The first-order valence-corrected chi connectivity index (χ1v) is 9.31. The van der Waals surface area contributed by atoms with Gasteiger partial charge in [-0.3, -0.25) is 9.69 Å². The van der Waals surface area contributed by atoms with Crippen LogP contribution in [-0.4, -0.2) is 60.6 Å². The number of hydrogen-bond donors (Lipinski definition) is 2. The second-order valence-electron chi connectivity index (χ2n) is 6.74. The lowest BCUT2D eigenvalue weighted by atomic mass is 10.1. The largest absolute Gasteiger partial charge is 0.507 e. The minimum atomic E-state index is -0.349. The van der Waals surface area contributed by atoms with Gasteiger partial charge in [0, 0.05) is 44.5 Å². The Kier molecular flexibility index (Phi) is 6.32. The monoisotopic (exact) mass is 369 g/mol. The molecule has 6 heteroatoms. The number of ether oxygens (including phenoxy) is 1. The van der Waals surface area contributed by atoms with Crippen LogP contribution < -0.4 is 10.1 Å². The third-order valence-corrected chi connectivity index (χ3v) is 4.98. The Bertz CT molecular complexity index is 769. The molecular weight excluding hydrogens is 342 g/mol. The first-order valence-electron chi connectivity index (χ1n) is 9.31. The van der Waals surface area contributed by atoms with E-state index in [1.807, 2.05) is 24.3 Å². The van der Waals surface area contributed by atoms with Crippen molar-refractivity contribution in [3.8, 4) is 11.5 Å². The Labute approximate surface area is 160 Å². The highest BCUT2D eigenvalue weighted by molar-refractivity contribution is 6.06. The fourth-order valence-electron chi connectivity index (χ4n) is 3.24. The van der Waals surface area contributed by atoms with E-state index in [0.29, 0.717) is 11.4 Å². The number of anilines is 1. The van der Waals surface area contributed by atoms with Crippen molar-refractivity contribution in [1.82, 2.24) is 9.80 Å². The maximum Gasteiger partial charge on any atom is 0.259 e. The highest BCUT2D eigenvalue weighted by atomic mass is 16.5. The summed E-state index contributed by atoms with van der Waals surface area (Å²) in [6.07, 6.45) is 0. The van der Waals surface area contributed by atoms with Gasteiger partial charge in [0.15, 0.2) is 0 Å². The van der Waals surface area contributed by atoms with Gasteiger partial charge in [-0.1, -0.05) is 19.1 Å². The molecule has 2 aromatic rings. The van der Waals surface area contributed by atoms with Gasteiger partial charge in [-0.2, -0.15) is 0 Å². The molecule has 1 aliphatic heterocycles. The zero-order valence-corrected chi connectivity index (χ0v) is 15.9. The molecule has 2 N–H and O–H groups in total. The van der Waals surface area contributed by atoms with Crippen molar-refractivity contribution in [2.24, 2.45) is 0 Å². The molecule has 27 heavy (non-hydrogen) atoms. The lowest BCUT2D eigenvalue weighted by Gasteiger charge is -2.34. The number of phenols is 1. The number of piperazine rings is 1. The first kappa shape index (κ1) is 19.2. The summed E-state index contributed by atoms with van der Waals surface area (Å²) in [6.45, 7) is 8.66.